The van der Waals surface area contributed by atoms with Crippen LogP contribution in [0.4, 0.5) is 0 Å². The zero-order valence-electron chi connectivity index (χ0n) is 9.71. The van der Waals surface area contributed by atoms with Gasteiger partial charge in [0.2, 0.25) is 6.33 Å². The molecule has 1 heterocycles. The summed E-state index contributed by atoms with van der Waals surface area (Å²) >= 11 is 0. The topological polar surface area (TPSA) is 46.1 Å². The summed E-state index contributed by atoms with van der Waals surface area (Å²) in [6.07, 6.45) is 5.44. The van der Waals surface area contributed by atoms with Crippen molar-refractivity contribution in [2.24, 2.45) is 0 Å². The lowest BCUT2D eigenvalue weighted by atomic mass is 10.1. The number of nitrogens with zero attached hydrogens (tertiary/aromatic N) is 2. The van der Waals surface area contributed by atoms with Gasteiger partial charge in [0.15, 0.2) is 6.54 Å². The number of hydrogen-bond acceptors (Lipinski definition) is 1. The first-order valence-electron chi connectivity index (χ1n) is 5.45. The molecule has 2 rings (SSSR count). The molecule has 2 aromatic rings. The summed E-state index contributed by atoms with van der Waals surface area (Å²) in [5.41, 5.74) is 2.44. The predicted octanol–water partition coefficient (Wildman–Crippen LogP) is 1.22. The summed E-state index contributed by atoms with van der Waals surface area (Å²) in [6.45, 7) is 2.81. The van der Waals surface area contributed by atoms with E-state index in [1.54, 1.807) is 17.1 Å². The van der Waals surface area contributed by atoms with E-state index in [1.165, 1.54) is 11.1 Å². The fourth-order valence-electron chi connectivity index (χ4n) is 1.69. The number of aromatic nitrogens is 2. The number of aliphatic carboxylic acids is 1. The Morgan fingerprint density at radius 2 is 2.06 bits per heavy atom. The molecule has 1 aromatic heterocycles. The van der Waals surface area contributed by atoms with Crippen LogP contribution >= 0.6 is 0 Å². The highest BCUT2D eigenvalue weighted by molar-refractivity contribution is 5.66. The molecule has 1 aromatic carbocycles. The van der Waals surface area contributed by atoms with Gasteiger partial charge in [-0.15, -0.1) is 0 Å². The van der Waals surface area contributed by atoms with Gasteiger partial charge in [0.25, 0.3) is 0 Å². The second-order valence-corrected chi connectivity index (χ2v) is 4.14. The van der Waals surface area contributed by atoms with Crippen LogP contribution in [0.5, 0.6) is 0 Å². The third kappa shape index (κ3) is 3.17. The van der Waals surface area contributed by atoms with Gasteiger partial charge in [-0.3, -0.25) is 0 Å². The van der Waals surface area contributed by atoms with Crippen LogP contribution in [0.1, 0.15) is 11.1 Å². The zero-order valence-corrected chi connectivity index (χ0v) is 9.71. The van der Waals surface area contributed by atoms with Gasteiger partial charge in [-0.05, 0) is 12.5 Å². The van der Waals surface area contributed by atoms with E-state index in [2.05, 4.69) is 31.2 Å². The molecular weight excluding hydrogens is 216 g/mol. The van der Waals surface area contributed by atoms with Crippen molar-refractivity contribution in [2.45, 2.75) is 20.0 Å². The number of hydrogen-bond donors (Lipinski definition) is 1. The first-order chi connectivity index (χ1) is 8.13. The summed E-state index contributed by atoms with van der Waals surface area (Å²) in [7, 11) is 0. The highest BCUT2D eigenvalue weighted by Crippen LogP contribution is 2.02. The van der Waals surface area contributed by atoms with Gasteiger partial charge in [0.1, 0.15) is 18.9 Å². The highest BCUT2D eigenvalue weighted by atomic mass is 16.4. The number of carboxylic acid groups (broad SMARTS) is 1. The smallest absolute Gasteiger partial charge is 0.346 e. The normalized spacial score (nSPS) is 10.4. The predicted molar refractivity (Wildman–Crippen MR) is 62.5 cm³/mol. The van der Waals surface area contributed by atoms with Crippen LogP contribution < -0.4 is 4.57 Å². The van der Waals surface area contributed by atoms with Crippen molar-refractivity contribution in [1.29, 1.82) is 0 Å². The number of carbonyl (C=O) groups is 1. The highest BCUT2D eigenvalue weighted by Gasteiger charge is 2.07. The largest absolute Gasteiger partial charge is 0.478 e. The molecular formula is C13H15N2O2+. The van der Waals surface area contributed by atoms with E-state index in [-0.39, 0.29) is 6.54 Å². The Morgan fingerprint density at radius 3 is 2.71 bits per heavy atom. The molecule has 0 fully saturated rings. The van der Waals surface area contributed by atoms with E-state index in [9.17, 15) is 4.79 Å². The molecule has 0 saturated heterocycles. The molecule has 0 spiro atoms. The van der Waals surface area contributed by atoms with Crippen LogP contribution in [-0.2, 0) is 17.9 Å². The lowest BCUT2D eigenvalue weighted by Gasteiger charge is -1.98. The summed E-state index contributed by atoms with van der Waals surface area (Å²) in [5, 5.41) is 8.67. The van der Waals surface area contributed by atoms with E-state index in [1.807, 2.05) is 10.8 Å². The summed E-state index contributed by atoms with van der Waals surface area (Å²) < 4.78 is 3.62. The van der Waals surface area contributed by atoms with Crippen molar-refractivity contribution in [1.82, 2.24) is 4.57 Å². The minimum absolute atomic E-state index is 0.000891. The summed E-state index contributed by atoms with van der Waals surface area (Å²) in [4.78, 5) is 10.5. The van der Waals surface area contributed by atoms with E-state index < -0.39 is 5.97 Å². The Kier molecular flexibility index (Phi) is 3.23. The minimum atomic E-state index is -0.830. The molecule has 0 radical (unpaired) electrons. The Hall–Kier alpha value is -2.10. The molecule has 0 unspecified atom stereocenters. The first-order valence-corrected chi connectivity index (χ1v) is 5.45. The SMILES string of the molecule is Cc1ccc(C[n+]2ccn(CC(=O)O)c2)cc1. The molecule has 0 saturated carbocycles. The first kappa shape index (κ1) is 11.4. The Balaban J connectivity index is 2.06. The standard InChI is InChI=1S/C13H14N2O2/c1-11-2-4-12(5-3-11)8-14-6-7-15(10-14)9-13(16)17/h2-7,10H,8-9H2,1H3/p+1. The number of carboxylic acids is 1. The maximum atomic E-state index is 10.5. The van der Waals surface area contributed by atoms with Crippen molar-refractivity contribution < 1.29 is 14.5 Å². The minimum Gasteiger partial charge on any atom is -0.478 e. The molecule has 0 aliphatic carbocycles. The second kappa shape index (κ2) is 4.82. The number of aryl methyl sites for hydroxylation is 1. The fraction of sp³-hybridized carbons (Fsp3) is 0.231. The lowest BCUT2D eigenvalue weighted by Crippen LogP contribution is -2.31. The van der Waals surface area contributed by atoms with E-state index in [0.29, 0.717) is 0 Å². The quantitative estimate of drug-likeness (QED) is 0.804. The molecule has 88 valence electrons. The van der Waals surface area contributed by atoms with Crippen molar-refractivity contribution in [3.05, 3.63) is 54.1 Å². The number of benzene rings is 1. The molecule has 0 bridgehead atoms. The average molecular weight is 231 g/mol. The maximum absolute atomic E-state index is 10.5. The fourth-order valence-corrected chi connectivity index (χ4v) is 1.69. The van der Waals surface area contributed by atoms with Gasteiger partial charge in [-0.25, -0.2) is 13.9 Å². The van der Waals surface area contributed by atoms with Gasteiger partial charge in [0.05, 0.1) is 0 Å². The third-order valence-corrected chi connectivity index (χ3v) is 2.55. The third-order valence-electron chi connectivity index (χ3n) is 2.55. The van der Waals surface area contributed by atoms with Crippen LogP contribution in [-0.4, -0.2) is 15.6 Å². The summed E-state index contributed by atoms with van der Waals surface area (Å²) in [6, 6.07) is 8.31. The van der Waals surface area contributed by atoms with Gasteiger partial charge < -0.3 is 5.11 Å². The molecule has 0 atom stereocenters. The van der Waals surface area contributed by atoms with Gasteiger partial charge >= 0.3 is 5.97 Å². The van der Waals surface area contributed by atoms with Crippen LogP contribution in [0, 0.1) is 6.92 Å². The maximum Gasteiger partial charge on any atom is 0.346 e. The Morgan fingerprint density at radius 1 is 1.35 bits per heavy atom. The van der Waals surface area contributed by atoms with E-state index >= 15 is 0 Å². The Bertz CT molecular complexity index is 514. The molecule has 4 nitrogen and oxygen atoms in total. The van der Waals surface area contributed by atoms with Crippen LogP contribution in [0.2, 0.25) is 0 Å². The molecule has 0 aliphatic heterocycles. The zero-order chi connectivity index (χ0) is 12.3. The molecule has 17 heavy (non-hydrogen) atoms. The van der Waals surface area contributed by atoms with Crippen molar-refractivity contribution >= 4 is 5.97 Å². The second-order valence-electron chi connectivity index (χ2n) is 4.14. The van der Waals surface area contributed by atoms with Crippen molar-refractivity contribution in [3.63, 3.8) is 0 Å². The molecule has 0 amide bonds. The van der Waals surface area contributed by atoms with Crippen LogP contribution in [0.3, 0.4) is 0 Å². The van der Waals surface area contributed by atoms with Crippen LogP contribution in [0.15, 0.2) is 43.0 Å². The monoisotopic (exact) mass is 231 g/mol. The lowest BCUT2D eigenvalue weighted by molar-refractivity contribution is -0.687. The van der Waals surface area contributed by atoms with E-state index in [4.69, 9.17) is 5.11 Å². The van der Waals surface area contributed by atoms with E-state index in [0.717, 1.165) is 6.54 Å². The van der Waals surface area contributed by atoms with Gasteiger partial charge in [0, 0.05) is 0 Å². The Labute approximate surface area is 99.8 Å². The van der Waals surface area contributed by atoms with Crippen molar-refractivity contribution in [2.75, 3.05) is 0 Å². The van der Waals surface area contributed by atoms with Crippen molar-refractivity contribution in [3.8, 4) is 0 Å². The van der Waals surface area contributed by atoms with Crippen LogP contribution in [0.25, 0.3) is 0 Å². The van der Waals surface area contributed by atoms with Gasteiger partial charge in [-0.1, -0.05) is 29.8 Å². The molecule has 1 N–H and O–H groups in total. The number of imidazole rings is 1. The number of rotatable bonds is 4. The average Bonchev–Trinajstić information content (AvgIpc) is 2.68. The molecule has 4 heteroatoms. The summed E-state index contributed by atoms with van der Waals surface area (Å²) in [5.74, 6) is -0.830. The molecule has 0 aliphatic rings. The van der Waals surface area contributed by atoms with Gasteiger partial charge in [-0.2, -0.15) is 0 Å².